The van der Waals surface area contributed by atoms with Crippen LogP contribution in [-0.2, 0) is 0 Å². The maximum atomic E-state index is 13.0. The molecule has 28 heavy (non-hydrogen) atoms. The van der Waals surface area contributed by atoms with Gasteiger partial charge in [-0.3, -0.25) is 14.8 Å². The van der Waals surface area contributed by atoms with E-state index in [1.165, 1.54) is 0 Å². The fourth-order valence-corrected chi connectivity index (χ4v) is 3.35. The standard InChI is InChI=1S/C22H15Cl2N3O/c23-19-4-3-16(12-20(19)24)21(14-5-8-25-9-6-14)27-22(28)17-1-2-18-13-26-10-7-15(18)11-17/h1-13,21H,(H,27,28). The van der Waals surface area contributed by atoms with Crippen LogP contribution < -0.4 is 5.32 Å². The highest BCUT2D eigenvalue weighted by Crippen LogP contribution is 2.29. The number of nitrogens with one attached hydrogen (secondary N) is 1. The molecule has 1 unspecified atom stereocenters. The summed E-state index contributed by atoms with van der Waals surface area (Å²) in [4.78, 5) is 21.2. The van der Waals surface area contributed by atoms with Crippen LogP contribution in [0.15, 0.2) is 79.4 Å². The summed E-state index contributed by atoms with van der Waals surface area (Å²) in [7, 11) is 0. The highest BCUT2D eigenvalue weighted by Gasteiger charge is 2.19. The lowest BCUT2D eigenvalue weighted by molar-refractivity contribution is 0.0943. The molecule has 2 heterocycles. The quantitative estimate of drug-likeness (QED) is 0.488. The molecule has 0 fully saturated rings. The second kappa shape index (κ2) is 7.97. The zero-order chi connectivity index (χ0) is 19.5. The van der Waals surface area contributed by atoms with Gasteiger partial charge in [0.15, 0.2) is 0 Å². The van der Waals surface area contributed by atoms with Crippen molar-refractivity contribution in [1.29, 1.82) is 0 Å². The molecule has 1 N–H and O–H groups in total. The normalized spacial score (nSPS) is 11.9. The molecular formula is C22H15Cl2N3O. The summed E-state index contributed by atoms with van der Waals surface area (Å²) >= 11 is 12.3. The number of carbonyl (C=O) groups is 1. The van der Waals surface area contributed by atoms with E-state index in [0.29, 0.717) is 15.6 Å². The summed E-state index contributed by atoms with van der Waals surface area (Å²) in [5.41, 5.74) is 2.29. The summed E-state index contributed by atoms with van der Waals surface area (Å²) in [6.07, 6.45) is 6.86. The zero-order valence-corrected chi connectivity index (χ0v) is 16.2. The molecule has 0 saturated carbocycles. The molecular weight excluding hydrogens is 393 g/mol. The summed E-state index contributed by atoms with van der Waals surface area (Å²) in [6.45, 7) is 0. The van der Waals surface area contributed by atoms with Gasteiger partial charge in [0.1, 0.15) is 0 Å². The molecule has 4 nitrogen and oxygen atoms in total. The average molecular weight is 408 g/mol. The minimum atomic E-state index is -0.390. The third-order valence-electron chi connectivity index (χ3n) is 4.49. The van der Waals surface area contributed by atoms with Gasteiger partial charge in [-0.1, -0.05) is 35.3 Å². The lowest BCUT2D eigenvalue weighted by Gasteiger charge is -2.20. The lowest BCUT2D eigenvalue weighted by atomic mass is 9.99. The van der Waals surface area contributed by atoms with Gasteiger partial charge in [0.25, 0.3) is 5.91 Å². The number of rotatable bonds is 4. The number of aromatic nitrogens is 2. The van der Waals surface area contributed by atoms with Gasteiger partial charge in [-0.15, -0.1) is 0 Å². The maximum absolute atomic E-state index is 13.0. The molecule has 1 amide bonds. The minimum absolute atomic E-state index is 0.188. The summed E-state index contributed by atoms with van der Waals surface area (Å²) in [6, 6.07) is 16.1. The first-order chi connectivity index (χ1) is 13.6. The van der Waals surface area contributed by atoms with Crippen LogP contribution in [0.4, 0.5) is 0 Å². The van der Waals surface area contributed by atoms with Crippen LogP contribution in [0.5, 0.6) is 0 Å². The SMILES string of the molecule is O=C(NC(c1ccncc1)c1ccc(Cl)c(Cl)c1)c1ccc2cnccc2c1. The number of carbonyl (C=O) groups excluding carboxylic acids is 1. The Labute approximate surface area is 172 Å². The first-order valence-electron chi connectivity index (χ1n) is 8.61. The highest BCUT2D eigenvalue weighted by atomic mass is 35.5. The van der Waals surface area contributed by atoms with Crippen molar-refractivity contribution in [2.75, 3.05) is 0 Å². The van der Waals surface area contributed by atoms with Crippen LogP contribution in [0, 0.1) is 0 Å². The van der Waals surface area contributed by atoms with Gasteiger partial charge >= 0.3 is 0 Å². The van der Waals surface area contributed by atoms with Crippen molar-refractivity contribution in [2.24, 2.45) is 0 Å². The van der Waals surface area contributed by atoms with Gasteiger partial charge < -0.3 is 5.32 Å². The van der Waals surface area contributed by atoms with Crippen molar-refractivity contribution >= 4 is 39.9 Å². The number of hydrogen-bond acceptors (Lipinski definition) is 3. The van der Waals surface area contributed by atoms with Crippen molar-refractivity contribution in [1.82, 2.24) is 15.3 Å². The number of amides is 1. The lowest BCUT2D eigenvalue weighted by Crippen LogP contribution is -2.29. The number of fused-ring (bicyclic) bond motifs is 1. The molecule has 4 rings (SSSR count). The molecule has 1 atom stereocenters. The first kappa shape index (κ1) is 18.4. The van der Waals surface area contributed by atoms with Crippen LogP contribution in [0.1, 0.15) is 27.5 Å². The number of halogens is 2. The fourth-order valence-electron chi connectivity index (χ4n) is 3.05. The van der Waals surface area contributed by atoms with E-state index < -0.39 is 6.04 Å². The Hall–Kier alpha value is -2.95. The molecule has 6 heteroatoms. The molecule has 0 aliphatic rings. The second-order valence-corrected chi connectivity index (χ2v) is 7.11. The number of nitrogens with zero attached hydrogens (tertiary/aromatic N) is 2. The third-order valence-corrected chi connectivity index (χ3v) is 5.23. The van der Waals surface area contributed by atoms with E-state index in [4.69, 9.17) is 23.2 Å². The summed E-state index contributed by atoms with van der Waals surface area (Å²) in [5, 5.41) is 5.93. The van der Waals surface area contributed by atoms with Gasteiger partial charge in [0, 0.05) is 35.7 Å². The molecule has 0 radical (unpaired) electrons. The second-order valence-electron chi connectivity index (χ2n) is 6.30. The summed E-state index contributed by atoms with van der Waals surface area (Å²) in [5.74, 6) is -0.188. The van der Waals surface area contributed by atoms with E-state index in [-0.39, 0.29) is 5.91 Å². The van der Waals surface area contributed by atoms with E-state index in [9.17, 15) is 4.79 Å². The third kappa shape index (κ3) is 3.84. The highest BCUT2D eigenvalue weighted by molar-refractivity contribution is 6.42. The molecule has 0 aliphatic heterocycles. The topological polar surface area (TPSA) is 54.9 Å². The van der Waals surface area contributed by atoms with Gasteiger partial charge in [-0.25, -0.2) is 0 Å². The molecule has 2 aromatic carbocycles. The Balaban J connectivity index is 1.70. The number of pyridine rings is 2. The van der Waals surface area contributed by atoms with E-state index in [2.05, 4.69) is 15.3 Å². The Morgan fingerprint density at radius 1 is 0.786 bits per heavy atom. The minimum Gasteiger partial charge on any atom is -0.341 e. The van der Waals surface area contributed by atoms with Crippen LogP contribution in [0.2, 0.25) is 10.0 Å². The fraction of sp³-hybridized carbons (Fsp3) is 0.0455. The van der Waals surface area contributed by atoms with E-state index >= 15 is 0 Å². The van der Waals surface area contributed by atoms with Crippen molar-refractivity contribution in [3.8, 4) is 0 Å². The predicted molar refractivity (Wildman–Crippen MR) is 112 cm³/mol. The Morgan fingerprint density at radius 2 is 1.57 bits per heavy atom. The number of hydrogen-bond donors (Lipinski definition) is 1. The molecule has 4 aromatic rings. The number of benzene rings is 2. The molecule has 0 spiro atoms. The smallest absolute Gasteiger partial charge is 0.252 e. The molecule has 0 aliphatic carbocycles. The first-order valence-corrected chi connectivity index (χ1v) is 9.37. The van der Waals surface area contributed by atoms with Gasteiger partial charge in [-0.2, -0.15) is 0 Å². The Morgan fingerprint density at radius 3 is 2.36 bits per heavy atom. The largest absolute Gasteiger partial charge is 0.341 e. The Kier molecular flexibility index (Phi) is 5.24. The molecule has 0 saturated heterocycles. The van der Waals surface area contributed by atoms with Gasteiger partial charge in [-0.05, 0) is 59.0 Å². The van der Waals surface area contributed by atoms with Crippen molar-refractivity contribution in [3.05, 3.63) is 106 Å². The molecule has 2 aromatic heterocycles. The van der Waals surface area contributed by atoms with E-state index in [1.807, 2.05) is 36.4 Å². The monoisotopic (exact) mass is 407 g/mol. The van der Waals surface area contributed by atoms with Crippen LogP contribution >= 0.6 is 23.2 Å². The van der Waals surface area contributed by atoms with Gasteiger partial charge in [0.2, 0.25) is 0 Å². The van der Waals surface area contributed by atoms with Crippen molar-refractivity contribution in [3.63, 3.8) is 0 Å². The zero-order valence-electron chi connectivity index (χ0n) is 14.6. The van der Waals surface area contributed by atoms with Gasteiger partial charge in [0.05, 0.1) is 16.1 Å². The summed E-state index contributed by atoms with van der Waals surface area (Å²) < 4.78 is 0. The van der Waals surface area contributed by atoms with Crippen LogP contribution in [0.25, 0.3) is 10.8 Å². The van der Waals surface area contributed by atoms with Crippen LogP contribution in [0.3, 0.4) is 0 Å². The van der Waals surface area contributed by atoms with Crippen molar-refractivity contribution < 1.29 is 4.79 Å². The molecule has 138 valence electrons. The Bertz CT molecular complexity index is 1150. The maximum Gasteiger partial charge on any atom is 0.252 e. The average Bonchev–Trinajstić information content (AvgIpc) is 2.74. The van der Waals surface area contributed by atoms with E-state index in [0.717, 1.165) is 21.9 Å². The van der Waals surface area contributed by atoms with E-state index in [1.54, 1.807) is 43.0 Å². The molecule has 0 bridgehead atoms. The predicted octanol–water partition coefficient (Wildman–Crippen LogP) is 5.46. The van der Waals surface area contributed by atoms with Crippen molar-refractivity contribution in [2.45, 2.75) is 6.04 Å². The van der Waals surface area contributed by atoms with Crippen LogP contribution in [-0.4, -0.2) is 15.9 Å².